The fourth-order valence-corrected chi connectivity index (χ4v) is 3.06. The average Bonchev–Trinajstić information content (AvgIpc) is 2.81. The Morgan fingerprint density at radius 3 is 2.39 bits per heavy atom. The number of benzene rings is 1. The summed E-state index contributed by atoms with van der Waals surface area (Å²) in [5.74, 6) is 0.916. The van der Waals surface area contributed by atoms with Gasteiger partial charge in [-0.25, -0.2) is 4.79 Å². The molecule has 28 heavy (non-hydrogen) atoms. The summed E-state index contributed by atoms with van der Waals surface area (Å²) in [7, 11) is 1.58. The van der Waals surface area contributed by atoms with Gasteiger partial charge in [-0.2, -0.15) is 0 Å². The number of ether oxygens (including phenoxy) is 2. The highest BCUT2D eigenvalue weighted by Gasteiger charge is 2.28. The van der Waals surface area contributed by atoms with Crippen LogP contribution in [0.1, 0.15) is 40.5 Å². The van der Waals surface area contributed by atoms with E-state index >= 15 is 0 Å². The first-order valence-corrected chi connectivity index (χ1v) is 9.86. The fourth-order valence-electron chi connectivity index (χ4n) is 3.06. The molecule has 0 aliphatic carbocycles. The molecule has 7 heteroatoms. The summed E-state index contributed by atoms with van der Waals surface area (Å²) in [6.07, 6.45) is 1.54. The van der Waals surface area contributed by atoms with Crippen molar-refractivity contribution in [3.63, 3.8) is 0 Å². The quantitative estimate of drug-likeness (QED) is 0.805. The second kappa shape index (κ2) is 9.66. The summed E-state index contributed by atoms with van der Waals surface area (Å²) < 4.78 is 10.9. The van der Waals surface area contributed by atoms with Crippen LogP contribution in [-0.4, -0.2) is 55.3 Å². The number of carbonyl (C=O) groups is 2. The first-order valence-electron chi connectivity index (χ1n) is 9.86. The van der Waals surface area contributed by atoms with E-state index < -0.39 is 5.60 Å². The molecule has 0 spiro atoms. The predicted octanol–water partition coefficient (Wildman–Crippen LogP) is 3.26. The maximum Gasteiger partial charge on any atom is 0.410 e. The van der Waals surface area contributed by atoms with E-state index in [-0.39, 0.29) is 24.6 Å². The van der Waals surface area contributed by atoms with Gasteiger partial charge in [-0.1, -0.05) is 6.92 Å². The highest BCUT2D eigenvalue weighted by Crippen LogP contribution is 2.24. The Morgan fingerprint density at radius 2 is 1.79 bits per heavy atom. The van der Waals surface area contributed by atoms with E-state index in [1.165, 1.54) is 0 Å². The topological polar surface area (TPSA) is 79.9 Å². The van der Waals surface area contributed by atoms with E-state index in [0.29, 0.717) is 24.8 Å². The number of likely N-dealkylation sites (N-methyl/N-ethyl adjacent to an activating group) is 1. The van der Waals surface area contributed by atoms with Crippen molar-refractivity contribution in [2.24, 2.45) is 5.92 Å². The number of hydrogen-bond donors (Lipinski definition) is 2. The molecule has 2 atom stereocenters. The van der Waals surface area contributed by atoms with Crippen LogP contribution in [0, 0.1) is 5.92 Å². The lowest BCUT2D eigenvalue weighted by Crippen LogP contribution is -2.37. The molecule has 1 aromatic carbocycles. The Labute approximate surface area is 167 Å². The first-order chi connectivity index (χ1) is 13.2. The van der Waals surface area contributed by atoms with Gasteiger partial charge < -0.3 is 25.0 Å². The zero-order valence-electron chi connectivity index (χ0n) is 17.6. The van der Waals surface area contributed by atoms with E-state index in [9.17, 15) is 9.59 Å². The fraction of sp³-hybridized carbons (Fsp3) is 0.619. The molecule has 0 bridgehead atoms. The van der Waals surface area contributed by atoms with E-state index in [0.717, 1.165) is 18.5 Å². The van der Waals surface area contributed by atoms with Crippen LogP contribution < -0.4 is 15.4 Å². The summed E-state index contributed by atoms with van der Waals surface area (Å²) in [6.45, 7) is 9.25. The third-order valence-electron chi connectivity index (χ3n) is 4.76. The Balaban J connectivity index is 1.89. The number of carbonyl (C=O) groups excluding carboxylic acids is 2. The van der Waals surface area contributed by atoms with Crippen molar-refractivity contribution in [2.75, 3.05) is 32.1 Å². The van der Waals surface area contributed by atoms with Gasteiger partial charge in [0.05, 0.1) is 0 Å². The molecule has 2 amide bonds. The summed E-state index contributed by atoms with van der Waals surface area (Å²) in [4.78, 5) is 25.4. The molecule has 2 rings (SSSR count). The number of likely N-dealkylation sites (tertiary alicyclic amines) is 1. The summed E-state index contributed by atoms with van der Waals surface area (Å²) in [5.41, 5.74) is 0.517. The molecule has 7 nitrogen and oxygen atoms in total. The number of nitrogens with zero attached hydrogens (tertiary/aromatic N) is 1. The first kappa shape index (κ1) is 21.9. The maximum atomic E-state index is 12.3. The molecular formula is C21H33N3O4. The molecule has 0 saturated carbocycles. The lowest BCUT2D eigenvalue weighted by atomic mass is 9.97. The van der Waals surface area contributed by atoms with Gasteiger partial charge >= 0.3 is 6.09 Å². The van der Waals surface area contributed by atoms with E-state index in [1.807, 2.05) is 45.0 Å². The minimum Gasteiger partial charge on any atom is -0.484 e. The predicted molar refractivity (Wildman–Crippen MR) is 110 cm³/mol. The van der Waals surface area contributed by atoms with Crippen molar-refractivity contribution in [1.82, 2.24) is 10.2 Å². The molecule has 2 unspecified atom stereocenters. The minimum atomic E-state index is -0.478. The largest absolute Gasteiger partial charge is 0.484 e. The van der Waals surface area contributed by atoms with Gasteiger partial charge in [-0.3, -0.25) is 4.79 Å². The van der Waals surface area contributed by atoms with Crippen molar-refractivity contribution in [3.8, 4) is 5.75 Å². The van der Waals surface area contributed by atoms with Crippen LogP contribution in [0.2, 0.25) is 0 Å². The van der Waals surface area contributed by atoms with Crippen molar-refractivity contribution < 1.29 is 19.1 Å². The van der Waals surface area contributed by atoms with E-state index in [4.69, 9.17) is 9.47 Å². The summed E-state index contributed by atoms with van der Waals surface area (Å²) >= 11 is 0. The minimum absolute atomic E-state index is 0.00341. The SMILES string of the molecule is CNC(=O)COc1ccc(NC2CCN(C(=O)OC(C)(C)C)CCC2C)cc1. The molecule has 1 aliphatic rings. The number of hydrogen-bond acceptors (Lipinski definition) is 5. The van der Waals surface area contributed by atoms with E-state index in [1.54, 1.807) is 11.9 Å². The average molecular weight is 392 g/mol. The highest BCUT2D eigenvalue weighted by molar-refractivity contribution is 5.77. The van der Waals surface area contributed by atoms with E-state index in [2.05, 4.69) is 17.6 Å². The van der Waals surface area contributed by atoms with Gasteiger partial charge in [0.15, 0.2) is 6.61 Å². The monoisotopic (exact) mass is 391 g/mol. The summed E-state index contributed by atoms with van der Waals surface area (Å²) in [5, 5.41) is 6.09. The number of rotatable bonds is 5. The van der Waals surface area contributed by atoms with Crippen LogP contribution in [0.25, 0.3) is 0 Å². The van der Waals surface area contributed by atoms with Gasteiger partial charge in [-0.15, -0.1) is 0 Å². The van der Waals surface area contributed by atoms with Crippen LogP contribution in [0.15, 0.2) is 24.3 Å². The lowest BCUT2D eigenvalue weighted by molar-refractivity contribution is -0.122. The Kier molecular flexibility index (Phi) is 7.54. The number of nitrogens with one attached hydrogen (secondary N) is 2. The molecule has 1 aliphatic heterocycles. The molecule has 2 N–H and O–H groups in total. The van der Waals surface area contributed by atoms with Gasteiger partial charge in [0.2, 0.25) is 0 Å². The molecule has 1 saturated heterocycles. The van der Waals surface area contributed by atoms with Crippen molar-refractivity contribution >= 4 is 17.7 Å². The molecule has 1 aromatic rings. The number of amides is 2. The second-order valence-electron chi connectivity index (χ2n) is 8.26. The van der Waals surface area contributed by atoms with Crippen molar-refractivity contribution in [2.45, 2.75) is 52.2 Å². The number of anilines is 1. The van der Waals surface area contributed by atoms with Crippen LogP contribution in [0.5, 0.6) is 5.75 Å². The Hall–Kier alpha value is -2.44. The molecule has 1 fully saturated rings. The third-order valence-corrected chi connectivity index (χ3v) is 4.76. The van der Waals surface area contributed by atoms with Crippen LogP contribution in [-0.2, 0) is 9.53 Å². The van der Waals surface area contributed by atoms with Crippen molar-refractivity contribution in [3.05, 3.63) is 24.3 Å². The second-order valence-corrected chi connectivity index (χ2v) is 8.26. The van der Waals surface area contributed by atoms with Gasteiger partial charge in [0, 0.05) is 31.9 Å². The van der Waals surface area contributed by atoms with Gasteiger partial charge in [0.1, 0.15) is 11.4 Å². The molecule has 0 aromatic heterocycles. The van der Waals surface area contributed by atoms with Gasteiger partial charge in [-0.05, 0) is 63.8 Å². The lowest BCUT2D eigenvalue weighted by Gasteiger charge is -2.26. The standard InChI is InChI=1S/C21H33N3O4/c1-15-10-12-24(20(26)28-21(2,3)4)13-11-18(15)23-16-6-8-17(9-7-16)27-14-19(25)22-5/h6-9,15,18,23H,10-14H2,1-5H3,(H,22,25). The van der Waals surface area contributed by atoms with Crippen LogP contribution >= 0.6 is 0 Å². The molecule has 0 radical (unpaired) electrons. The van der Waals surface area contributed by atoms with Crippen LogP contribution in [0.3, 0.4) is 0 Å². The zero-order valence-corrected chi connectivity index (χ0v) is 17.6. The normalized spacial score (nSPS) is 20.1. The third kappa shape index (κ3) is 6.94. The highest BCUT2D eigenvalue weighted by atomic mass is 16.6. The van der Waals surface area contributed by atoms with Crippen molar-refractivity contribution in [1.29, 1.82) is 0 Å². The smallest absolute Gasteiger partial charge is 0.410 e. The Bertz CT molecular complexity index is 655. The summed E-state index contributed by atoms with van der Waals surface area (Å²) in [6, 6.07) is 7.86. The molecular weight excluding hydrogens is 358 g/mol. The molecule has 156 valence electrons. The van der Waals surface area contributed by atoms with Crippen LogP contribution in [0.4, 0.5) is 10.5 Å². The maximum absolute atomic E-state index is 12.3. The Morgan fingerprint density at radius 1 is 1.14 bits per heavy atom. The molecule has 1 heterocycles. The zero-order chi connectivity index (χ0) is 20.7. The van der Waals surface area contributed by atoms with Gasteiger partial charge in [0.25, 0.3) is 5.91 Å².